The van der Waals surface area contributed by atoms with Crippen LogP contribution in [0.1, 0.15) is 6.42 Å². The molecule has 0 unspecified atom stereocenters. The lowest BCUT2D eigenvalue weighted by Crippen LogP contribution is -2.71. The molecule has 1 N–H and O–H groups in total. The zero-order chi connectivity index (χ0) is 27.1. The number of carboxylic acid groups (broad SMARTS) is 1. The van der Waals surface area contributed by atoms with Crippen LogP contribution in [0.2, 0.25) is 0 Å². The predicted molar refractivity (Wildman–Crippen MR) is 79.2 cm³/mol. The van der Waals surface area contributed by atoms with Crippen LogP contribution >= 0.6 is 0 Å². The van der Waals surface area contributed by atoms with Crippen LogP contribution in [0.25, 0.3) is 0 Å². The van der Waals surface area contributed by atoms with E-state index in [2.05, 4.69) is 0 Å². The first-order valence-electron chi connectivity index (χ1n) is 8.09. The molecule has 0 aromatic rings. The molecule has 0 aromatic carbocycles. The summed E-state index contributed by atoms with van der Waals surface area (Å²) in [7, 11) is -4.71. The van der Waals surface area contributed by atoms with Crippen LogP contribution in [0.5, 0.6) is 0 Å². The van der Waals surface area contributed by atoms with Crippen LogP contribution in [0.15, 0.2) is 0 Å². The van der Waals surface area contributed by atoms with Crippen LogP contribution in [0.4, 0.5) is 57.1 Å². The van der Waals surface area contributed by atoms with E-state index in [1.807, 2.05) is 0 Å². The number of sulfonamides is 1. The molecule has 0 fully saturated rings. The Morgan fingerprint density at radius 2 is 1.18 bits per heavy atom. The minimum absolute atomic E-state index is 0.384. The molecule has 6 nitrogen and oxygen atoms in total. The summed E-state index contributed by atoms with van der Waals surface area (Å²) in [6.07, 6.45) is -8.25. The number of halogens is 13. The Bertz CT molecular complexity index is 825. The highest BCUT2D eigenvalue weighted by atomic mass is 32.2. The van der Waals surface area contributed by atoms with E-state index in [0.717, 1.165) is 0 Å². The third-order valence-corrected chi connectivity index (χ3v) is 5.55. The molecule has 0 aliphatic carbocycles. The minimum Gasteiger partial charge on any atom is -0.544 e. The minimum atomic E-state index is -8.23. The lowest BCUT2D eigenvalue weighted by Gasteiger charge is -2.39. The molecular weight excluding hydrogens is 527 g/mol. The van der Waals surface area contributed by atoms with Crippen LogP contribution in [-0.2, 0) is 14.8 Å². The monoisotopic (exact) mass is 542 g/mol. The molecule has 0 amide bonds. The molecule has 20 heteroatoms. The Balaban J connectivity index is 5.89. The van der Waals surface area contributed by atoms with E-state index in [9.17, 15) is 75.4 Å². The maximum atomic E-state index is 13.7. The molecule has 0 bridgehead atoms. The lowest BCUT2D eigenvalue weighted by atomic mass is 9.98. The van der Waals surface area contributed by atoms with Gasteiger partial charge in [0, 0.05) is 13.0 Å². The summed E-state index contributed by atoms with van der Waals surface area (Å²) in [4.78, 5) is 10.5. The Morgan fingerprint density at radius 1 is 0.788 bits per heavy atom. The van der Waals surface area contributed by atoms with Gasteiger partial charge in [0.15, 0.2) is 0 Å². The number of carboxylic acids is 1. The molecule has 0 rings (SSSR count). The molecule has 0 spiro atoms. The molecule has 33 heavy (non-hydrogen) atoms. The van der Waals surface area contributed by atoms with E-state index in [-0.39, 0.29) is 6.54 Å². The van der Waals surface area contributed by atoms with Crippen LogP contribution in [-0.4, -0.2) is 87.7 Å². The van der Waals surface area contributed by atoms with Crippen LogP contribution in [0, 0.1) is 0 Å². The molecule has 198 valence electrons. The number of nitrogens with one attached hydrogen (secondary N) is 1. The van der Waals surface area contributed by atoms with Crippen molar-refractivity contribution in [3.63, 3.8) is 0 Å². The molecule has 0 heterocycles. The zero-order valence-corrected chi connectivity index (χ0v) is 17.0. The van der Waals surface area contributed by atoms with Gasteiger partial charge >= 0.3 is 35.1 Å². The quantitative estimate of drug-likeness (QED) is 0.232. The topological polar surface area (TPSA) is 86.3 Å². The number of quaternary nitrogens is 1. The lowest BCUT2D eigenvalue weighted by molar-refractivity contribution is -0.884. The van der Waals surface area contributed by atoms with E-state index in [1.165, 1.54) is 14.1 Å². The molecule has 0 saturated heterocycles. The first-order chi connectivity index (χ1) is 14.1. The Labute approximate surface area is 177 Å². The van der Waals surface area contributed by atoms with Crippen LogP contribution < -0.4 is 9.83 Å². The number of carbonyl (C=O) groups is 1. The molecule has 0 aromatic heterocycles. The maximum absolute atomic E-state index is 13.7. The first-order valence-corrected chi connectivity index (χ1v) is 9.57. The van der Waals surface area contributed by atoms with Gasteiger partial charge in [0.25, 0.3) is 10.0 Å². The summed E-state index contributed by atoms with van der Waals surface area (Å²) in [6.45, 7) is -2.40. The van der Waals surface area contributed by atoms with Gasteiger partial charge < -0.3 is 14.4 Å². The third-order valence-electron chi connectivity index (χ3n) is 4.03. The maximum Gasteiger partial charge on any atom is 0.460 e. The fourth-order valence-corrected chi connectivity index (χ4v) is 3.22. The van der Waals surface area contributed by atoms with E-state index >= 15 is 0 Å². The Kier molecular flexibility index (Phi) is 8.47. The molecule has 0 atom stereocenters. The summed E-state index contributed by atoms with van der Waals surface area (Å²) in [5, 5.41) is 3.16. The molecular formula is C13H15F13N2O4S. The van der Waals surface area contributed by atoms with Gasteiger partial charge in [-0.1, -0.05) is 0 Å². The summed E-state index contributed by atoms with van der Waals surface area (Å²) in [5.41, 5.74) is 0. The van der Waals surface area contributed by atoms with Crippen molar-refractivity contribution in [2.75, 3.05) is 33.7 Å². The van der Waals surface area contributed by atoms with Crippen molar-refractivity contribution in [2.45, 2.75) is 41.5 Å². The van der Waals surface area contributed by atoms with Crippen molar-refractivity contribution in [1.82, 2.24) is 4.72 Å². The van der Waals surface area contributed by atoms with Gasteiger partial charge in [-0.25, -0.2) is 13.1 Å². The molecule has 0 saturated carbocycles. The van der Waals surface area contributed by atoms with Gasteiger partial charge in [0.2, 0.25) is 0 Å². The second-order valence-corrected chi connectivity index (χ2v) is 9.06. The number of hydrogen-bond acceptors (Lipinski definition) is 4. The van der Waals surface area contributed by atoms with Gasteiger partial charge in [0.05, 0.1) is 26.6 Å². The SMILES string of the molecule is C[N+](C)(CCCNS(=O)(=O)C(F)(F)C(F)(F)C(F)(F)C(F)(F)C(F)(F)C(F)(F)F)CC(=O)[O-]. The second kappa shape index (κ2) is 8.90. The normalized spacial score (nSPS) is 15.6. The van der Waals surface area contributed by atoms with Gasteiger partial charge in [-0.05, 0) is 0 Å². The van der Waals surface area contributed by atoms with E-state index in [0.29, 0.717) is 4.72 Å². The summed E-state index contributed by atoms with van der Waals surface area (Å²) in [5.74, 6) is -34.0. The highest BCUT2D eigenvalue weighted by molar-refractivity contribution is 7.90. The third kappa shape index (κ3) is 5.57. The van der Waals surface area contributed by atoms with E-state index < -0.39 is 75.1 Å². The van der Waals surface area contributed by atoms with Gasteiger partial charge in [0.1, 0.15) is 6.54 Å². The van der Waals surface area contributed by atoms with E-state index in [1.54, 1.807) is 0 Å². The molecule has 0 aliphatic heterocycles. The number of hydrogen-bond donors (Lipinski definition) is 1. The fourth-order valence-electron chi connectivity index (χ4n) is 2.16. The van der Waals surface area contributed by atoms with Gasteiger partial charge in [-0.15, -0.1) is 0 Å². The van der Waals surface area contributed by atoms with Gasteiger partial charge in [-0.3, -0.25) is 0 Å². The summed E-state index contributed by atoms with van der Waals surface area (Å²) in [6, 6.07) is 0. The Hall–Kier alpha value is -1.57. The summed E-state index contributed by atoms with van der Waals surface area (Å²) < 4.78 is 192. The number of likely N-dealkylation sites (N-methyl/N-ethyl adjacent to an activating group) is 1. The largest absolute Gasteiger partial charge is 0.544 e. The Morgan fingerprint density at radius 3 is 1.55 bits per heavy atom. The number of nitrogens with zero attached hydrogens (tertiary/aromatic N) is 1. The molecule has 0 aliphatic rings. The number of aliphatic carboxylic acids is 1. The number of alkyl halides is 13. The smallest absolute Gasteiger partial charge is 0.460 e. The number of rotatable bonds is 12. The van der Waals surface area contributed by atoms with E-state index in [4.69, 9.17) is 0 Å². The fraction of sp³-hybridized carbons (Fsp3) is 0.923. The standard InChI is InChI=1S/C13H15F13N2O4S/c1-28(2,6-7(29)30)5-3-4-27-33(31,32)13(25,26)11(20,21)9(16,17)8(14,15)10(18,19)12(22,23)24/h27H,3-6H2,1-2H3. The second-order valence-electron chi connectivity index (χ2n) is 7.25. The van der Waals surface area contributed by atoms with Crippen molar-refractivity contribution >= 4 is 16.0 Å². The predicted octanol–water partition coefficient (Wildman–Crippen LogP) is 1.82. The summed E-state index contributed by atoms with van der Waals surface area (Å²) >= 11 is 0. The van der Waals surface area contributed by atoms with Gasteiger partial charge in [-0.2, -0.15) is 57.1 Å². The highest BCUT2D eigenvalue weighted by Crippen LogP contribution is 2.60. The average molecular weight is 542 g/mol. The number of carbonyl (C=O) groups excluding carboxylic acids is 1. The highest BCUT2D eigenvalue weighted by Gasteiger charge is 2.92. The van der Waals surface area contributed by atoms with Crippen molar-refractivity contribution < 1.29 is 79.9 Å². The van der Waals surface area contributed by atoms with Crippen molar-refractivity contribution in [3.05, 3.63) is 0 Å². The first kappa shape index (κ1) is 31.4. The average Bonchev–Trinajstić information content (AvgIpc) is 2.55. The van der Waals surface area contributed by atoms with Crippen molar-refractivity contribution in [3.8, 4) is 0 Å². The molecule has 0 radical (unpaired) electrons. The zero-order valence-electron chi connectivity index (χ0n) is 16.2. The van der Waals surface area contributed by atoms with Crippen molar-refractivity contribution in [1.29, 1.82) is 0 Å². The van der Waals surface area contributed by atoms with Crippen LogP contribution in [0.3, 0.4) is 0 Å². The van der Waals surface area contributed by atoms with Crippen molar-refractivity contribution in [2.24, 2.45) is 0 Å².